The predicted octanol–water partition coefficient (Wildman–Crippen LogP) is 3.46. The number of hydrogen-bond donors (Lipinski definition) is 0. The van der Waals surface area contributed by atoms with E-state index in [0.29, 0.717) is 43.6 Å². The summed E-state index contributed by atoms with van der Waals surface area (Å²) in [6, 6.07) is 12.4. The Balaban J connectivity index is 1.68. The van der Waals surface area contributed by atoms with Crippen molar-refractivity contribution in [3.8, 4) is 5.75 Å². The third kappa shape index (κ3) is 5.32. The maximum absolute atomic E-state index is 13.7. The number of carbonyl (C=O) groups excluding carboxylic acids is 2. The number of amides is 1. The Hall–Kier alpha value is -3.01. The zero-order valence-electron chi connectivity index (χ0n) is 18.8. The molecule has 0 unspecified atom stereocenters. The summed E-state index contributed by atoms with van der Waals surface area (Å²) < 4.78 is 16.9. The molecule has 33 heavy (non-hydrogen) atoms. The second kappa shape index (κ2) is 10.7. The SMILES string of the molecule is CCOc1ccc2nc(N(CCN3CCOCC3)C(=O)c3ccccc3C(=O)OC)sc2c1. The second-order valence-corrected chi connectivity index (χ2v) is 8.52. The minimum atomic E-state index is -0.544. The number of aromatic nitrogens is 1. The summed E-state index contributed by atoms with van der Waals surface area (Å²) in [7, 11) is 1.31. The van der Waals surface area contributed by atoms with E-state index in [1.807, 2.05) is 25.1 Å². The molecule has 1 aliphatic heterocycles. The van der Waals surface area contributed by atoms with Crippen LogP contribution in [-0.2, 0) is 9.47 Å². The Morgan fingerprint density at radius 3 is 2.64 bits per heavy atom. The average Bonchev–Trinajstić information content (AvgIpc) is 3.27. The van der Waals surface area contributed by atoms with Crippen LogP contribution in [0.15, 0.2) is 42.5 Å². The summed E-state index contributed by atoms with van der Waals surface area (Å²) in [6.07, 6.45) is 0. The number of thiazole rings is 1. The number of esters is 1. The van der Waals surface area contributed by atoms with E-state index in [2.05, 4.69) is 4.90 Å². The van der Waals surface area contributed by atoms with Crippen LogP contribution in [-0.4, -0.2) is 74.9 Å². The molecule has 4 rings (SSSR count). The smallest absolute Gasteiger partial charge is 0.338 e. The second-order valence-electron chi connectivity index (χ2n) is 7.51. The van der Waals surface area contributed by atoms with Gasteiger partial charge in [0.2, 0.25) is 0 Å². The Bertz CT molecular complexity index is 1130. The van der Waals surface area contributed by atoms with Gasteiger partial charge in [-0.3, -0.25) is 14.6 Å². The lowest BCUT2D eigenvalue weighted by atomic mass is 10.1. The van der Waals surface area contributed by atoms with Crippen LogP contribution in [0.5, 0.6) is 5.75 Å². The maximum Gasteiger partial charge on any atom is 0.338 e. The van der Waals surface area contributed by atoms with Crippen LogP contribution in [0.4, 0.5) is 5.13 Å². The van der Waals surface area contributed by atoms with Gasteiger partial charge < -0.3 is 14.2 Å². The third-order valence-electron chi connectivity index (χ3n) is 5.44. The molecule has 0 spiro atoms. The lowest BCUT2D eigenvalue weighted by molar-refractivity contribution is 0.0390. The van der Waals surface area contributed by atoms with Gasteiger partial charge >= 0.3 is 5.97 Å². The number of morpholine rings is 1. The number of carbonyl (C=O) groups is 2. The van der Waals surface area contributed by atoms with Crippen molar-refractivity contribution in [3.05, 3.63) is 53.6 Å². The number of rotatable bonds is 8. The lowest BCUT2D eigenvalue weighted by Gasteiger charge is -2.29. The molecule has 0 atom stereocenters. The third-order valence-corrected chi connectivity index (χ3v) is 6.48. The molecule has 174 valence electrons. The standard InChI is InChI=1S/C24H27N3O5S/c1-3-32-17-8-9-20-21(16-17)33-24(25-20)27(11-10-26-12-14-31-15-13-26)22(28)18-6-4-5-7-19(18)23(29)30-2/h4-9,16H,3,10-15H2,1-2H3. The zero-order valence-corrected chi connectivity index (χ0v) is 19.6. The van der Waals surface area contributed by atoms with Gasteiger partial charge in [-0.15, -0.1) is 0 Å². The highest BCUT2D eigenvalue weighted by atomic mass is 32.1. The Labute approximate surface area is 196 Å². The lowest BCUT2D eigenvalue weighted by Crippen LogP contribution is -2.43. The zero-order chi connectivity index (χ0) is 23.2. The van der Waals surface area contributed by atoms with Gasteiger partial charge in [0.25, 0.3) is 5.91 Å². The van der Waals surface area contributed by atoms with Crippen molar-refractivity contribution in [3.63, 3.8) is 0 Å². The van der Waals surface area contributed by atoms with Crippen molar-refractivity contribution in [1.82, 2.24) is 9.88 Å². The van der Waals surface area contributed by atoms with Crippen molar-refractivity contribution in [2.75, 3.05) is 58.0 Å². The van der Waals surface area contributed by atoms with Crippen LogP contribution in [0.2, 0.25) is 0 Å². The van der Waals surface area contributed by atoms with E-state index in [9.17, 15) is 9.59 Å². The summed E-state index contributed by atoms with van der Waals surface area (Å²) in [6.45, 7) is 6.62. The van der Waals surface area contributed by atoms with Crippen LogP contribution < -0.4 is 9.64 Å². The molecule has 0 bridgehead atoms. The van der Waals surface area contributed by atoms with Crippen molar-refractivity contribution in [1.29, 1.82) is 0 Å². The van der Waals surface area contributed by atoms with Crippen LogP contribution in [0.25, 0.3) is 10.2 Å². The molecule has 0 radical (unpaired) electrons. The van der Waals surface area contributed by atoms with E-state index in [1.54, 1.807) is 29.2 Å². The summed E-state index contributed by atoms with van der Waals surface area (Å²) in [4.78, 5) is 34.7. The monoisotopic (exact) mass is 469 g/mol. The fourth-order valence-electron chi connectivity index (χ4n) is 3.72. The van der Waals surface area contributed by atoms with E-state index in [4.69, 9.17) is 19.2 Å². The highest BCUT2D eigenvalue weighted by molar-refractivity contribution is 7.22. The number of ether oxygens (including phenoxy) is 3. The maximum atomic E-state index is 13.7. The summed E-state index contributed by atoms with van der Waals surface area (Å²) in [5, 5.41) is 0.580. The number of methoxy groups -OCH3 is 1. The summed E-state index contributed by atoms with van der Waals surface area (Å²) in [5.41, 5.74) is 1.32. The van der Waals surface area contributed by atoms with Gasteiger partial charge in [0.05, 0.1) is 48.3 Å². The first-order valence-corrected chi connectivity index (χ1v) is 11.7. The van der Waals surface area contributed by atoms with Crippen molar-refractivity contribution >= 4 is 38.6 Å². The molecular weight excluding hydrogens is 442 g/mol. The van der Waals surface area contributed by atoms with Gasteiger partial charge in [-0.25, -0.2) is 9.78 Å². The molecule has 0 saturated carbocycles. The van der Waals surface area contributed by atoms with Crippen LogP contribution in [0, 0.1) is 0 Å². The normalized spacial score (nSPS) is 14.2. The Kier molecular flexibility index (Phi) is 7.54. The molecule has 1 saturated heterocycles. The Morgan fingerprint density at radius 1 is 1.15 bits per heavy atom. The molecule has 1 fully saturated rings. The van der Waals surface area contributed by atoms with Crippen molar-refractivity contribution < 1.29 is 23.8 Å². The van der Waals surface area contributed by atoms with Crippen LogP contribution >= 0.6 is 11.3 Å². The molecule has 1 aromatic heterocycles. The molecular formula is C24H27N3O5S. The van der Waals surface area contributed by atoms with Crippen LogP contribution in [0.3, 0.4) is 0 Å². The van der Waals surface area contributed by atoms with Crippen molar-refractivity contribution in [2.24, 2.45) is 0 Å². The van der Waals surface area contributed by atoms with Gasteiger partial charge in [0.15, 0.2) is 5.13 Å². The van der Waals surface area contributed by atoms with Crippen LogP contribution in [0.1, 0.15) is 27.6 Å². The number of hydrogen-bond acceptors (Lipinski definition) is 8. The number of nitrogens with zero attached hydrogens (tertiary/aromatic N) is 3. The van der Waals surface area contributed by atoms with E-state index >= 15 is 0 Å². The fourth-order valence-corrected chi connectivity index (χ4v) is 4.74. The molecule has 2 heterocycles. The van der Waals surface area contributed by atoms with Gasteiger partial charge in [-0.2, -0.15) is 0 Å². The topological polar surface area (TPSA) is 81.2 Å². The molecule has 8 nitrogen and oxygen atoms in total. The first-order chi connectivity index (χ1) is 16.1. The highest BCUT2D eigenvalue weighted by Gasteiger charge is 2.26. The minimum absolute atomic E-state index is 0.237. The van der Waals surface area contributed by atoms with Gasteiger partial charge in [0.1, 0.15) is 5.75 Å². The summed E-state index contributed by atoms with van der Waals surface area (Å²) in [5.74, 6) is -0.0616. The predicted molar refractivity (Wildman–Crippen MR) is 128 cm³/mol. The quantitative estimate of drug-likeness (QED) is 0.467. The van der Waals surface area contributed by atoms with Gasteiger partial charge in [-0.05, 0) is 37.3 Å². The molecule has 1 aliphatic rings. The molecule has 0 aliphatic carbocycles. The fraction of sp³-hybridized carbons (Fsp3) is 0.375. The van der Waals surface area contributed by atoms with E-state index in [-0.39, 0.29) is 11.5 Å². The first-order valence-electron chi connectivity index (χ1n) is 10.9. The summed E-state index contributed by atoms with van der Waals surface area (Å²) >= 11 is 1.43. The molecule has 2 aromatic carbocycles. The number of benzene rings is 2. The first kappa shape index (κ1) is 23.2. The molecule has 1 amide bonds. The van der Waals surface area contributed by atoms with Crippen molar-refractivity contribution in [2.45, 2.75) is 6.92 Å². The van der Waals surface area contributed by atoms with Gasteiger partial charge in [-0.1, -0.05) is 23.5 Å². The molecule has 0 N–H and O–H groups in total. The van der Waals surface area contributed by atoms with E-state index in [1.165, 1.54) is 18.4 Å². The molecule has 9 heteroatoms. The van der Waals surface area contributed by atoms with E-state index in [0.717, 1.165) is 29.1 Å². The minimum Gasteiger partial charge on any atom is -0.494 e. The average molecular weight is 470 g/mol. The van der Waals surface area contributed by atoms with E-state index < -0.39 is 5.97 Å². The van der Waals surface area contributed by atoms with Gasteiger partial charge in [0, 0.05) is 26.2 Å². The largest absolute Gasteiger partial charge is 0.494 e. The highest BCUT2D eigenvalue weighted by Crippen LogP contribution is 2.32. The molecule has 3 aromatic rings. The number of fused-ring (bicyclic) bond motifs is 1. The number of anilines is 1. The Morgan fingerprint density at radius 2 is 1.91 bits per heavy atom.